The van der Waals surface area contributed by atoms with E-state index in [0.717, 1.165) is 19.3 Å². The van der Waals surface area contributed by atoms with Crippen LogP contribution in [0, 0.1) is 0 Å². The number of amides is 1. The van der Waals surface area contributed by atoms with Gasteiger partial charge in [0, 0.05) is 0 Å². The highest BCUT2D eigenvalue weighted by Gasteiger charge is 2.47. The van der Waals surface area contributed by atoms with Crippen molar-refractivity contribution in [1.29, 1.82) is 0 Å². The number of nitrogens with one attached hydrogen (secondary N) is 4. The van der Waals surface area contributed by atoms with Crippen LogP contribution >= 0.6 is 0 Å². The van der Waals surface area contributed by atoms with Crippen molar-refractivity contribution in [2.24, 2.45) is 0 Å². The number of aliphatic hydroxyl groups excluding tert-OH is 3. The van der Waals surface area contributed by atoms with Gasteiger partial charge < -0.3 is 41.0 Å². The molecule has 12 heteroatoms. The molecular formula is C19H29N7O5. The standard InChI is InChI=1S/C19H29N7O5/c1-20-19(5-3-2-4-6-19)18(30)25-11-10(7-27)31-17(14(29)13(11)28)26-16-12-15(22-8-21-12)23-9-24-16/h8-11,13-14,17,20,27-29H,2-7H2,1H3,(H,25,30)(H2,21,22,23,24,26)/t10-,11-,13+,14-,17-/m0/s1. The molecule has 31 heavy (non-hydrogen) atoms. The van der Waals surface area contributed by atoms with E-state index < -0.39 is 42.7 Å². The number of aromatic amines is 1. The molecule has 2 aromatic heterocycles. The molecule has 2 aliphatic rings. The lowest BCUT2D eigenvalue weighted by atomic mass is 9.80. The van der Waals surface area contributed by atoms with Crippen molar-refractivity contribution in [3.8, 4) is 0 Å². The number of carbonyl (C=O) groups excluding carboxylic acids is 1. The predicted octanol–water partition coefficient (Wildman–Crippen LogP) is -1.39. The zero-order valence-electron chi connectivity index (χ0n) is 17.3. The summed E-state index contributed by atoms with van der Waals surface area (Å²) in [5.74, 6) is 0.0589. The summed E-state index contributed by atoms with van der Waals surface area (Å²) in [5.41, 5.74) is 0.208. The highest BCUT2D eigenvalue weighted by Crippen LogP contribution is 2.30. The van der Waals surface area contributed by atoms with Gasteiger partial charge in [-0.05, 0) is 19.9 Å². The normalized spacial score (nSPS) is 30.8. The fourth-order valence-corrected chi connectivity index (χ4v) is 4.46. The minimum atomic E-state index is -1.39. The number of aromatic nitrogens is 4. The maximum atomic E-state index is 13.1. The molecule has 3 heterocycles. The van der Waals surface area contributed by atoms with Crippen LogP contribution in [0.4, 0.5) is 5.82 Å². The molecule has 1 saturated carbocycles. The Morgan fingerprint density at radius 3 is 2.71 bits per heavy atom. The first kappa shape index (κ1) is 21.8. The van der Waals surface area contributed by atoms with Gasteiger partial charge >= 0.3 is 0 Å². The zero-order valence-corrected chi connectivity index (χ0v) is 17.3. The average molecular weight is 435 g/mol. The Bertz CT molecular complexity index is 901. The largest absolute Gasteiger partial charge is 0.394 e. The molecule has 0 aromatic carbocycles. The van der Waals surface area contributed by atoms with Crippen molar-refractivity contribution in [3.05, 3.63) is 12.7 Å². The van der Waals surface area contributed by atoms with E-state index in [9.17, 15) is 20.1 Å². The summed E-state index contributed by atoms with van der Waals surface area (Å²) in [4.78, 5) is 28.2. The Morgan fingerprint density at radius 1 is 1.23 bits per heavy atom. The van der Waals surface area contributed by atoms with Gasteiger partial charge in [0.05, 0.1) is 24.5 Å². The van der Waals surface area contributed by atoms with Crippen LogP contribution < -0.4 is 16.0 Å². The third-order valence-corrected chi connectivity index (χ3v) is 6.35. The number of H-pyrrole nitrogens is 1. The average Bonchev–Trinajstić information content (AvgIpc) is 3.29. The molecule has 1 saturated heterocycles. The number of fused-ring (bicyclic) bond motifs is 1. The number of ether oxygens (including phenoxy) is 1. The van der Waals surface area contributed by atoms with E-state index >= 15 is 0 Å². The molecule has 4 rings (SSSR count). The van der Waals surface area contributed by atoms with Crippen LogP contribution in [0.3, 0.4) is 0 Å². The van der Waals surface area contributed by atoms with E-state index in [2.05, 4.69) is 35.9 Å². The third kappa shape index (κ3) is 4.08. The van der Waals surface area contributed by atoms with E-state index in [1.165, 1.54) is 12.7 Å². The molecule has 12 nitrogen and oxygen atoms in total. The molecule has 170 valence electrons. The van der Waals surface area contributed by atoms with Gasteiger partial charge in [0.1, 0.15) is 30.2 Å². The second kappa shape index (κ2) is 9.01. The van der Waals surface area contributed by atoms with Crippen molar-refractivity contribution >= 4 is 22.9 Å². The second-order valence-corrected chi connectivity index (χ2v) is 8.12. The van der Waals surface area contributed by atoms with Crippen LogP contribution in [-0.2, 0) is 9.53 Å². The number of carbonyl (C=O) groups is 1. The SMILES string of the molecule is CNC1(C(=O)N[C@@H]2[C@@H](O)[C@H](O)[C@@H](Nc3ncnc4nc[nH]c34)O[C@H]2CO)CCCCC1. The minimum Gasteiger partial charge on any atom is -0.394 e. The summed E-state index contributed by atoms with van der Waals surface area (Å²) in [7, 11) is 1.74. The molecule has 0 spiro atoms. The van der Waals surface area contributed by atoms with Crippen LogP contribution in [0.15, 0.2) is 12.7 Å². The van der Waals surface area contributed by atoms with Crippen molar-refractivity contribution in [2.75, 3.05) is 19.0 Å². The first-order valence-corrected chi connectivity index (χ1v) is 10.5. The number of aliphatic hydroxyl groups is 3. The van der Waals surface area contributed by atoms with Gasteiger partial charge in [-0.3, -0.25) is 4.79 Å². The summed E-state index contributed by atoms with van der Waals surface area (Å²) in [6.07, 6.45) is 2.30. The second-order valence-electron chi connectivity index (χ2n) is 8.12. The maximum absolute atomic E-state index is 13.1. The maximum Gasteiger partial charge on any atom is 0.240 e. The number of hydrogen-bond donors (Lipinski definition) is 7. The molecule has 2 fully saturated rings. The molecule has 0 unspecified atom stereocenters. The molecular weight excluding hydrogens is 406 g/mol. The molecule has 7 N–H and O–H groups in total. The summed E-state index contributed by atoms with van der Waals surface area (Å²) in [6, 6.07) is -0.977. The highest BCUT2D eigenvalue weighted by molar-refractivity contribution is 5.87. The quantitative estimate of drug-likeness (QED) is 0.286. The van der Waals surface area contributed by atoms with Crippen molar-refractivity contribution in [3.63, 3.8) is 0 Å². The van der Waals surface area contributed by atoms with Gasteiger partial charge in [-0.1, -0.05) is 19.3 Å². The van der Waals surface area contributed by atoms with E-state index in [0.29, 0.717) is 29.8 Å². The lowest BCUT2D eigenvalue weighted by Gasteiger charge is -2.44. The molecule has 1 amide bonds. The van der Waals surface area contributed by atoms with Gasteiger partial charge in [0.25, 0.3) is 0 Å². The number of rotatable bonds is 6. The summed E-state index contributed by atoms with van der Waals surface area (Å²) in [5, 5.41) is 40.2. The fraction of sp³-hybridized carbons (Fsp3) is 0.684. The van der Waals surface area contributed by atoms with Crippen molar-refractivity contribution < 1.29 is 24.9 Å². The van der Waals surface area contributed by atoms with Gasteiger partial charge in [-0.2, -0.15) is 0 Å². The van der Waals surface area contributed by atoms with Gasteiger partial charge in [0.15, 0.2) is 17.7 Å². The summed E-state index contributed by atoms with van der Waals surface area (Å²) in [6.45, 7) is -0.456. The minimum absolute atomic E-state index is 0.269. The Morgan fingerprint density at radius 2 is 2.00 bits per heavy atom. The van der Waals surface area contributed by atoms with E-state index in [4.69, 9.17) is 4.74 Å². The third-order valence-electron chi connectivity index (χ3n) is 6.35. The van der Waals surface area contributed by atoms with Crippen LogP contribution in [-0.4, -0.2) is 90.9 Å². The molecule has 2 aromatic rings. The summed E-state index contributed by atoms with van der Waals surface area (Å²) < 4.78 is 5.81. The zero-order chi connectivity index (χ0) is 22.0. The highest BCUT2D eigenvalue weighted by atomic mass is 16.5. The molecule has 1 aliphatic carbocycles. The topological polar surface area (TPSA) is 178 Å². The number of hydrogen-bond acceptors (Lipinski definition) is 10. The Balaban J connectivity index is 1.49. The molecule has 1 aliphatic heterocycles. The molecule has 0 bridgehead atoms. The van der Waals surface area contributed by atoms with Crippen LogP contribution in [0.1, 0.15) is 32.1 Å². The van der Waals surface area contributed by atoms with Crippen LogP contribution in [0.5, 0.6) is 0 Å². The van der Waals surface area contributed by atoms with Crippen molar-refractivity contribution in [2.45, 2.75) is 68.2 Å². The predicted molar refractivity (Wildman–Crippen MR) is 110 cm³/mol. The number of imidazole rings is 1. The van der Waals surface area contributed by atoms with E-state index in [-0.39, 0.29) is 5.91 Å². The van der Waals surface area contributed by atoms with Gasteiger partial charge in [-0.25, -0.2) is 15.0 Å². The lowest BCUT2D eigenvalue weighted by molar-refractivity contribution is -0.186. The number of nitrogens with zero attached hydrogens (tertiary/aromatic N) is 3. The molecule has 5 atom stereocenters. The number of anilines is 1. The Labute approximate surface area is 178 Å². The van der Waals surface area contributed by atoms with Crippen molar-refractivity contribution in [1.82, 2.24) is 30.6 Å². The first-order valence-electron chi connectivity index (χ1n) is 10.5. The fourth-order valence-electron chi connectivity index (χ4n) is 4.46. The van der Waals surface area contributed by atoms with E-state index in [1.807, 2.05) is 0 Å². The first-order chi connectivity index (χ1) is 15.0. The smallest absolute Gasteiger partial charge is 0.240 e. The molecule has 0 radical (unpaired) electrons. The van der Waals surface area contributed by atoms with Crippen LogP contribution in [0.25, 0.3) is 11.2 Å². The Kier molecular flexibility index (Phi) is 6.34. The van der Waals surface area contributed by atoms with Crippen LogP contribution in [0.2, 0.25) is 0 Å². The van der Waals surface area contributed by atoms with Gasteiger partial charge in [0.2, 0.25) is 5.91 Å². The van der Waals surface area contributed by atoms with E-state index in [1.54, 1.807) is 7.05 Å². The lowest BCUT2D eigenvalue weighted by Crippen LogP contribution is -2.69. The monoisotopic (exact) mass is 435 g/mol. The number of likely N-dealkylation sites (N-methyl/N-ethyl adjacent to an activating group) is 1. The Hall–Kier alpha value is -2.38. The summed E-state index contributed by atoms with van der Waals surface area (Å²) >= 11 is 0. The van der Waals surface area contributed by atoms with Gasteiger partial charge in [-0.15, -0.1) is 0 Å².